The predicted octanol–water partition coefficient (Wildman–Crippen LogP) is 0.846. The van der Waals surface area contributed by atoms with E-state index < -0.39 is 0 Å². The van der Waals surface area contributed by atoms with Gasteiger partial charge in [0.05, 0.1) is 0 Å². The van der Waals surface area contributed by atoms with Gasteiger partial charge in [-0.2, -0.15) is 0 Å². The Morgan fingerprint density at radius 1 is 1.00 bits per heavy atom. The number of hydrogen-bond acceptors (Lipinski definition) is 4. The van der Waals surface area contributed by atoms with Gasteiger partial charge >= 0.3 is 0 Å². The summed E-state index contributed by atoms with van der Waals surface area (Å²) in [5, 5.41) is 7.36. The highest BCUT2D eigenvalue weighted by Crippen LogP contribution is 2.14. The van der Waals surface area contributed by atoms with E-state index >= 15 is 0 Å². The van der Waals surface area contributed by atoms with Crippen molar-refractivity contribution in [1.82, 2.24) is 20.4 Å². The summed E-state index contributed by atoms with van der Waals surface area (Å²) >= 11 is 0. The first-order valence-electron chi connectivity index (χ1n) is 8.46. The summed E-state index contributed by atoms with van der Waals surface area (Å²) < 4.78 is 0. The first-order chi connectivity index (χ1) is 9.56. The lowest BCUT2D eigenvalue weighted by Gasteiger charge is -2.45. The van der Waals surface area contributed by atoms with Crippen LogP contribution in [0.4, 0.5) is 0 Å². The molecule has 0 aromatic heterocycles. The first kappa shape index (κ1) is 16.2. The van der Waals surface area contributed by atoms with E-state index in [1.165, 1.54) is 32.7 Å². The topological polar surface area (TPSA) is 30.5 Å². The van der Waals surface area contributed by atoms with Crippen molar-refractivity contribution in [1.29, 1.82) is 0 Å². The zero-order chi connectivity index (χ0) is 14.5. The highest BCUT2D eigenvalue weighted by Gasteiger charge is 2.32. The fourth-order valence-corrected chi connectivity index (χ4v) is 3.64. The van der Waals surface area contributed by atoms with E-state index in [9.17, 15) is 0 Å². The third kappa shape index (κ3) is 4.69. The lowest BCUT2D eigenvalue weighted by Crippen LogP contribution is -2.65. The van der Waals surface area contributed by atoms with Crippen LogP contribution in [-0.4, -0.2) is 74.2 Å². The van der Waals surface area contributed by atoms with Crippen LogP contribution in [0.3, 0.4) is 0 Å². The standard InChI is InChI=1S/C16H34N4/c1-13(2)10-19-7-6-18-15(12-19)16-9-17-5-8-20(16)11-14(3)4/h13-18H,5-12H2,1-4H3. The minimum Gasteiger partial charge on any atom is -0.314 e. The van der Waals surface area contributed by atoms with E-state index in [1.807, 2.05) is 0 Å². The van der Waals surface area contributed by atoms with E-state index in [0.29, 0.717) is 12.1 Å². The smallest absolute Gasteiger partial charge is 0.0387 e. The summed E-state index contributed by atoms with van der Waals surface area (Å²) in [4.78, 5) is 5.35. The van der Waals surface area contributed by atoms with Crippen LogP contribution in [-0.2, 0) is 0 Å². The van der Waals surface area contributed by atoms with Crippen LogP contribution >= 0.6 is 0 Å². The molecule has 0 radical (unpaired) electrons. The number of rotatable bonds is 5. The second kappa shape index (κ2) is 7.74. The molecular formula is C16H34N4. The minimum absolute atomic E-state index is 0.619. The van der Waals surface area contributed by atoms with Crippen molar-refractivity contribution in [3.05, 3.63) is 0 Å². The first-order valence-corrected chi connectivity index (χ1v) is 8.46. The molecule has 2 atom stereocenters. The lowest BCUT2D eigenvalue weighted by atomic mass is 9.99. The highest BCUT2D eigenvalue weighted by atomic mass is 15.3. The third-order valence-corrected chi connectivity index (χ3v) is 4.38. The molecule has 0 aromatic carbocycles. The van der Waals surface area contributed by atoms with Crippen LogP contribution in [0.5, 0.6) is 0 Å². The quantitative estimate of drug-likeness (QED) is 0.782. The lowest BCUT2D eigenvalue weighted by molar-refractivity contribution is 0.0748. The van der Waals surface area contributed by atoms with Gasteiger partial charge in [-0.15, -0.1) is 0 Å². The molecule has 2 N–H and O–H groups in total. The second-order valence-corrected chi connectivity index (χ2v) is 7.37. The maximum Gasteiger partial charge on any atom is 0.0387 e. The van der Waals surface area contributed by atoms with Gasteiger partial charge < -0.3 is 15.5 Å². The largest absolute Gasteiger partial charge is 0.314 e. The van der Waals surface area contributed by atoms with Crippen molar-refractivity contribution in [2.45, 2.75) is 39.8 Å². The normalized spacial score (nSPS) is 30.3. The van der Waals surface area contributed by atoms with Crippen LogP contribution in [0, 0.1) is 11.8 Å². The van der Waals surface area contributed by atoms with E-state index in [1.54, 1.807) is 0 Å². The number of nitrogens with one attached hydrogen (secondary N) is 2. The van der Waals surface area contributed by atoms with E-state index in [4.69, 9.17) is 0 Å². The Kier molecular flexibility index (Phi) is 6.27. The molecule has 0 spiro atoms. The molecule has 2 fully saturated rings. The van der Waals surface area contributed by atoms with Gasteiger partial charge in [-0.25, -0.2) is 0 Å². The molecule has 118 valence electrons. The van der Waals surface area contributed by atoms with Crippen molar-refractivity contribution >= 4 is 0 Å². The molecule has 4 heteroatoms. The number of piperazine rings is 2. The Bertz CT molecular complexity index is 280. The zero-order valence-corrected chi connectivity index (χ0v) is 13.9. The summed E-state index contributed by atoms with van der Waals surface area (Å²) in [6.07, 6.45) is 0. The Labute approximate surface area is 125 Å². The van der Waals surface area contributed by atoms with Crippen LogP contribution in [0.15, 0.2) is 0 Å². The van der Waals surface area contributed by atoms with Crippen LogP contribution < -0.4 is 10.6 Å². The maximum atomic E-state index is 3.77. The number of hydrogen-bond donors (Lipinski definition) is 2. The molecule has 0 saturated carbocycles. The van der Waals surface area contributed by atoms with E-state index in [-0.39, 0.29) is 0 Å². The summed E-state index contributed by atoms with van der Waals surface area (Å²) in [7, 11) is 0. The third-order valence-electron chi connectivity index (χ3n) is 4.38. The van der Waals surface area contributed by atoms with Crippen LogP contribution in [0.1, 0.15) is 27.7 Å². The Hall–Kier alpha value is -0.160. The molecule has 4 nitrogen and oxygen atoms in total. The molecule has 2 aliphatic heterocycles. The van der Waals surface area contributed by atoms with Crippen LogP contribution in [0.25, 0.3) is 0 Å². The fourth-order valence-electron chi connectivity index (χ4n) is 3.64. The Morgan fingerprint density at radius 2 is 1.75 bits per heavy atom. The highest BCUT2D eigenvalue weighted by molar-refractivity contribution is 4.94. The predicted molar refractivity (Wildman–Crippen MR) is 86.1 cm³/mol. The molecule has 2 aliphatic rings. The molecular weight excluding hydrogens is 248 g/mol. The van der Waals surface area contributed by atoms with E-state index in [2.05, 4.69) is 48.1 Å². The molecule has 0 amide bonds. The Balaban J connectivity index is 1.92. The summed E-state index contributed by atoms with van der Waals surface area (Å²) in [5.41, 5.74) is 0. The van der Waals surface area contributed by atoms with Gasteiger partial charge in [0.25, 0.3) is 0 Å². The van der Waals surface area contributed by atoms with Gasteiger partial charge in [0.1, 0.15) is 0 Å². The number of nitrogens with zero attached hydrogens (tertiary/aromatic N) is 2. The summed E-state index contributed by atoms with van der Waals surface area (Å²) in [5.74, 6) is 1.52. The zero-order valence-electron chi connectivity index (χ0n) is 13.9. The molecule has 2 saturated heterocycles. The van der Waals surface area contributed by atoms with E-state index in [0.717, 1.165) is 31.5 Å². The molecule has 2 rings (SSSR count). The molecule has 2 heterocycles. The molecule has 0 aliphatic carbocycles. The maximum absolute atomic E-state index is 3.77. The summed E-state index contributed by atoms with van der Waals surface area (Å²) in [6.45, 7) is 18.8. The monoisotopic (exact) mass is 282 g/mol. The average molecular weight is 282 g/mol. The van der Waals surface area contributed by atoms with Crippen molar-refractivity contribution in [2.24, 2.45) is 11.8 Å². The van der Waals surface area contributed by atoms with Gasteiger partial charge in [0, 0.05) is 64.4 Å². The molecule has 0 aromatic rings. The van der Waals surface area contributed by atoms with Crippen molar-refractivity contribution in [3.63, 3.8) is 0 Å². The second-order valence-electron chi connectivity index (χ2n) is 7.37. The van der Waals surface area contributed by atoms with Crippen LogP contribution in [0.2, 0.25) is 0 Å². The summed E-state index contributed by atoms with van der Waals surface area (Å²) in [6, 6.07) is 1.27. The van der Waals surface area contributed by atoms with Crippen molar-refractivity contribution < 1.29 is 0 Å². The van der Waals surface area contributed by atoms with Gasteiger partial charge in [-0.05, 0) is 11.8 Å². The fraction of sp³-hybridized carbons (Fsp3) is 1.00. The molecule has 0 bridgehead atoms. The average Bonchev–Trinajstić information content (AvgIpc) is 2.38. The van der Waals surface area contributed by atoms with Gasteiger partial charge in [-0.1, -0.05) is 27.7 Å². The van der Waals surface area contributed by atoms with Gasteiger partial charge in [0.2, 0.25) is 0 Å². The van der Waals surface area contributed by atoms with Gasteiger partial charge in [0.15, 0.2) is 0 Å². The SMILES string of the molecule is CC(C)CN1CCNC(C2CNCCN2CC(C)C)C1. The molecule has 20 heavy (non-hydrogen) atoms. The van der Waals surface area contributed by atoms with Gasteiger partial charge in [-0.3, -0.25) is 4.90 Å². The minimum atomic E-state index is 0.619. The van der Waals surface area contributed by atoms with Crippen molar-refractivity contribution in [3.8, 4) is 0 Å². The Morgan fingerprint density at radius 3 is 2.45 bits per heavy atom. The van der Waals surface area contributed by atoms with Crippen molar-refractivity contribution in [2.75, 3.05) is 52.4 Å². The molecule has 2 unspecified atom stereocenters.